The number of nitrogens with two attached hydrogens (primary N) is 1. The molecule has 0 aromatic carbocycles. The summed E-state index contributed by atoms with van der Waals surface area (Å²) in [6.07, 6.45) is 2.99. The van der Waals surface area contributed by atoms with Gasteiger partial charge in [-0.05, 0) is 24.8 Å². The van der Waals surface area contributed by atoms with Gasteiger partial charge in [0.2, 0.25) is 0 Å². The lowest BCUT2D eigenvalue weighted by Crippen LogP contribution is -2.19. The molecule has 0 unspecified atom stereocenters. The molecule has 0 heterocycles. The summed E-state index contributed by atoms with van der Waals surface area (Å²) in [5.41, 5.74) is 5.63. The van der Waals surface area contributed by atoms with Crippen molar-refractivity contribution in [2.45, 2.75) is 39.5 Å². The Bertz CT molecular complexity index is 193. The highest BCUT2D eigenvalue weighted by Crippen LogP contribution is 2.25. The average Bonchev–Trinajstić information content (AvgIpc) is 2.22. The van der Waals surface area contributed by atoms with Crippen LogP contribution >= 0.6 is 0 Å². The molecular weight excluding hydrogens is 206 g/mol. The van der Waals surface area contributed by atoms with Crippen LogP contribution in [0.3, 0.4) is 0 Å². The van der Waals surface area contributed by atoms with Crippen LogP contribution in [0.1, 0.15) is 39.5 Å². The lowest BCUT2D eigenvalue weighted by Gasteiger charge is -2.23. The van der Waals surface area contributed by atoms with Gasteiger partial charge < -0.3 is 15.2 Å². The van der Waals surface area contributed by atoms with Gasteiger partial charge in [0.25, 0.3) is 0 Å². The van der Waals surface area contributed by atoms with Gasteiger partial charge in [0.15, 0.2) is 0 Å². The van der Waals surface area contributed by atoms with Crippen LogP contribution < -0.4 is 5.73 Å². The maximum atomic E-state index is 11.4. The number of ether oxygens (including phenoxy) is 2. The largest absolute Gasteiger partial charge is 0.466 e. The lowest BCUT2D eigenvalue weighted by molar-refractivity contribution is -0.144. The summed E-state index contributed by atoms with van der Waals surface area (Å²) >= 11 is 0. The first-order valence-corrected chi connectivity index (χ1v) is 5.86. The first-order valence-electron chi connectivity index (χ1n) is 5.86. The number of carbonyl (C=O) groups is 1. The van der Waals surface area contributed by atoms with E-state index < -0.39 is 0 Å². The van der Waals surface area contributed by atoms with Gasteiger partial charge in [-0.1, -0.05) is 13.8 Å². The molecule has 0 amide bonds. The van der Waals surface area contributed by atoms with Crippen LogP contribution in [0.25, 0.3) is 0 Å². The van der Waals surface area contributed by atoms with Crippen LogP contribution in [-0.2, 0) is 14.3 Å². The highest BCUT2D eigenvalue weighted by atomic mass is 16.5. The zero-order valence-corrected chi connectivity index (χ0v) is 10.8. The van der Waals surface area contributed by atoms with Crippen LogP contribution in [0.2, 0.25) is 0 Å². The minimum Gasteiger partial charge on any atom is -0.466 e. The second-order valence-corrected chi connectivity index (χ2v) is 4.77. The number of esters is 1. The summed E-state index contributed by atoms with van der Waals surface area (Å²) < 4.78 is 9.93. The molecule has 2 N–H and O–H groups in total. The van der Waals surface area contributed by atoms with Crippen LogP contribution in [-0.4, -0.2) is 32.8 Å². The fourth-order valence-electron chi connectivity index (χ4n) is 1.42. The molecule has 0 saturated heterocycles. The average molecular weight is 231 g/mol. The molecule has 0 aliphatic rings. The Morgan fingerprint density at radius 1 is 1.25 bits per heavy atom. The van der Waals surface area contributed by atoms with Gasteiger partial charge in [-0.15, -0.1) is 0 Å². The highest BCUT2D eigenvalue weighted by Gasteiger charge is 2.18. The van der Waals surface area contributed by atoms with E-state index in [1.807, 2.05) is 0 Å². The summed E-state index contributed by atoms with van der Waals surface area (Å²) in [6.45, 7) is 5.99. The van der Waals surface area contributed by atoms with E-state index in [0.717, 1.165) is 19.3 Å². The van der Waals surface area contributed by atoms with E-state index in [9.17, 15) is 4.79 Å². The Kier molecular flexibility index (Phi) is 8.21. The number of rotatable bonds is 9. The molecule has 0 spiro atoms. The van der Waals surface area contributed by atoms with E-state index in [1.54, 1.807) is 7.11 Å². The topological polar surface area (TPSA) is 61.5 Å². The van der Waals surface area contributed by atoms with Gasteiger partial charge >= 0.3 is 5.97 Å². The molecule has 0 aliphatic heterocycles. The first-order chi connectivity index (χ1) is 7.52. The van der Waals surface area contributed by atoms with Gasteiger partial charge in [0.1, 0.15) is 0 Å². The van der Waals surface area contributed by atoms with E-state index >= 15 is 0 Å². The minimum atomic E-state index is -0.124. The van der Waals surface area contributed by atoms with Crippen molar-refractivity contribution in [3.63, 3.8) is 0 Å². The molecule has 0 aromatic heterocycles. The van der Waals surface area contributed by atoms with Crippen molar-refractivity contribution >= 4 is 5.97 Å². The molecule has 0 atom stereocenters. The third kappa shape index (κ3) is 8.68. The predicted molar refractivity (Wildman–Crippen MR) is 64.1 cm³/mol. The quantitative estimate of drug-likeness (QED) is 0.485. The fourth-order valence-corrected chi connectivity index (χ4v) is 1.42. The summed E-state index contributed by atoms with van der Waals surface area (Å²) in [6, 6.07) is 0. The summed E-state index contributed by atoms with van der Waals surface area (Å²) in [5, 5.41) is 0. The molecule has 0 aliphatic carbocycles. The number of methoxy groups -OCH3 is 1. The monoisotopic (exact) mass is 231 g/mol. The smallest absolute Gasteiger partial charge is 0.305 e. The van der Waals surface area contributed by atoms with Crippen molar-refractivity contribution in [3.05, 3.63) is 0 Å². The Morgan fingerprint density at radius 2 is 1.94 bits per heavy atom. The maximum absolute atomic E-state index is 11.4. The lowest BCUT2D eigenvalue weighted by atomic mass is 9.84. The number of hydrogen-bond donors (Lipinski definition) is 1. The normalized spacial score (nSPS) is 11.5. The van der Waals surface area contributed by atoms with Crippen molar-refractivity contribution in [3.8, 4) is 0 Å². The second-order valence-electron chi connectivity index (χ2n) is 4.77. The van der Waals surface area contributed by atoms with Crippen molar-refractivity contribution in [2.75, 3.05) is 26.9 Å². The third-order valence-corrected chi connectivity index (χ3v) is 2.58. The molecule has 0 radical (unpaired) electrons. The molecule has 0 saturated carbocycles. The summed E-state index contributed by atoms with van der Waals surface area (Å²) in [5.74, 6) is -0.124. The van der Waals surface area contributed by atoms with E-state index in [2.05, 4.69) is 13.8 Å². The molecule has 0 rings (SSSR count). The Morgan fingerprint density at radius 3 is 2.50 bits per heavy atom. The van der Waals surface area contributed by atoms with Crippen LogP contribution in [0.15, 0.2) is 0 Å². The van der Waals surface area contributed by atoms with E-state index in [1.165, 1.54) is 0 Å². The number of hydrogen-bond acceptors (Lipinski definition) is 4. The zero-order chi connectivity index (χ0) is 12.4. The Labute approximate surface area is 98.5 Å². The standard InChI is InChI=1S/C12H25NO3/c1-12(2,7-8-13)6-5-11(14)16-10-4-9-15-3/h4-10,13H2,1-3H3. The van der Waals surface area contributed by atoms with Gasteiger partial charge in [0, 0.05) is 26.6 Å². The Balaban J connectivity index is 3.56. The van der Waals surface area contributed by atoms with E-state index in [4.69, 9.17) is 15.2 Å². The molecule has 0 bridgehead atoms. The van der Waals surface area contributed by atoms with Crippen molar-refractivity contribution in [1.29, 1.82) is 0 Å². The molecule has 4 heteroatoms. The minimum absolute atomic E-state index is 0.124. The molecule has 96 valence electrons. The van der Waals surface area contributed by atoms with E-state index in [-0.39, 0.29) is 11.4 Å². The molecule has 0 aromatic rings. The van der Waals surface area contributed by atoms with E-state index in [0.29, 0.717) is 26.2 Å². The maximum Gasteiger partial charge on any atom is 0.305 e. The summed E-state index contributed by atoms with van der Waals surface area (Å²) in [7, 11) is 1.64. The van der Waals surface area contributed by atoms with Crippen LogP contribution in [0.4, 0.5) is 0 Å². The van der Waals surface area contributed by atoms with Crippen molar-refractivity contribution in [1.82, 2.24) is 0 Å². The fraction of sp³-hybridized carbons (Fsp3) is 0.917. The second kappa shape index (κ2) is 8.53. The first kappa shape index (κ1) is 15.4. The highest BCUT2D eigenvalue weighted by molar-refractivity contribution is 5.69. The summed E-state index contributed by atoms with van der Waals surface area (Å²) in [4.78, 5) is 11.4. The van der Waals surface area contributed by atoms with Crippen molar-refractivity contribution < 1.29 is 14.3 Å². The van der Waals surface area contributed by atoms with Crippen molar-refractivity contribution in [2.24, 2.45) is 11.1 Å². The van der Waals surface area contributed by atoms with Crippen LogP contribution in [0, 0.1) is 5.41 Å². The zero-order valence-electron chi connectivity index (χ0n) is 10.8. The molecule has 4 nitrogen and oxygen atoms in total. The molecule has 16 heavy (non-hydrogen) atoms. The molecule has 0 fully saturated rings. The van der Waals surface area contributed by atoms with Crippen LogP contribution in [0.5, 0.6) is 0 Å². The number of carbonyl (C=O) groups excluding carboxylic acids is 1. The predicted octanol–water partition coefficient (Wildman–Crippen LogP) is 1.72. The van der Waals surface area contributed by atoms with Gasteiger partial charge in [-0.3, -0.25) is 4.79 Å². The molecular formula is C12H25NO3. The third-order valence-electron chi connectivity index (χ3n) is 2.58. The Hall–Kier alpha value is -0.610. The van der Waals surface area contributed by atoms with Gasteiger partial charge in [-0.25, -0.2) is 0 Å². The van der Waals surface area contributed by atoms with Gasteiger partial charge in [-0.2, -0.15) is 0 Å². The SMILES string of the molecule is COCCCOC(=O)CCC(C)(C)CCN. The van der Waals surface area contributed by atoms with Gasteiger partial charge in [0.05, 0.1) is 6.61 Å².